The van der Waals surface area contributed by atoms with Crippen molar-refractivity contribution in [3.8, 4) is 0 Å². The lowest BCUT2D eigenvalue weighted by molar-refractivity contribution is 0.137. The van der Waals surface area contributed by atoms with E-state index in [9.17, 15) is 5.11 Å². The number of imidazole rings is 1. The number of nitrogens with two attached hydrogens (primary N) is 1. The van der Waals surface area contributed by atoms with Gasteiger partial charge in [0.15, 0.2) is 0 Å². The molecule has 0 amide bonds. The molecule has 0 spiro atoms. The number of hydrogen-bond donors (Lipinski definition) is 5. The van der Waals surface area contributed by atoms with Crippen molar-refractivity contribution in [2.75, 3.05) is 11.9 Å². The van der Waals surface area contributed by atoms with Crippen LogP contribution in [-0.4, -0.2) is 27.8 Å². The highest BCUT2D eigenvalue weighted by atomic mass is 16.3. The number of anilines is 1. The van der Waals surface area contributed by atoms with Gasteiger partial charge in [0.05, 0.1) is 18.6 Å². The average molecular weight is 169 g/mol. The third-order valence-electron chi connectivity index (χ3n) is 1.81. The van der Waals surface area contributed by atoms with E-state index < -0.39 is 12.4 Å². The van der Waals surface area contributed by atoms with Crippen molar-refractivity contribution >= 4 is 5.82 Å². The Balaban J connectivity index is 2.29. The van der Waals surface area contributed by atoms with Crippen LogP contribution in [0.5, 0.6) is 0 Å². The highest BCUT2D eigenvalue weighted by Gasteiger charge is 2.20. The monoisotopic (exact) mass is 169 g/mol. The molecule has 0 saturated heterocycles. The number of H-pyrrole nitrogens is 1. The van der Waals surface area contributed by atoms with Gasteiger partial charge in [0.25, 0.3) is 0 Å². The Morgan fingerprint density at radius 1 is 1.67 bits per heavy atom. The Labute approximate surface area is 69.2 Å². The quantitative estimate of drug-likeness (QED) is 0.332. The maximum atomic E-state index is 9.25. The average Bonchev–Trinajstić information content (AvgIpc) is 2.43. The molecule has 12 heavy (non-hydrogen) atoms. The minimum absolute atomic E-state index is 0.396. The minimum Gasteiger partial charge on any atom is -0.377 e. The maximum Gasteiger partial charge on any atom is 0.150 e. The normalized spacial score (nSPS) is 28.8. The number of nitrogens with one attached hydrogen (secondary N) is 3. The van der Waals surface area contributed by atoms with E-state index in [1.807, 2.05) is 0 Å². The fourth-order valence-electron chi connectivity index (χ4n) is 1.23. The van der Waals surface area contributed by atoms with E-state index in [0.717, 1.165) is 5.69 Å². The van der Waals surface area contributed by atoms with E-state index >= 15 is 0 Å². The number of nitrogens with zero attached hydrogens (tertiary/aromatic N) is 1. The molecule has 66 valence electrons. The fourth-order valence-corrected chi connectivity index (χ4v) is 1.23. The molecule has 1 aromatic rings. The molecular weight excluding hydrogens is 158 g/mol. The zero-order valence-electron chi connectivity index (χ0n) is 6.41. The zero-order chi connectivity index (χ0) is 8.55. The molecule has 1 aliphatic rings. The highest BCUT2D eigenvalue weighted by molar-refractivity contribution is 5.42. The van der Waals surface area contributed by atoms with Crippen molar-refractivity contribution in [3.63, 3.8) is 0 Å². The van der Waals surface area contributed by atoms with E-state index in [2.05, 4.69) is 20.6 Å². The van der Waals surface area contributed by atoms with Gasteiger partial charge in [-0.3, -0.25) is 5.32 Å². The maximum absolute atomic E-state index is 9.25. The van der Waals surface area contributed by atoms with Crippen LogP contribution in [0.2, 0.25) is 0 Å². The number of aliphatic hydroxyl groups is 1. The first-order valence-corrected chi connectivity index (χ1v) is 3.74. The molecule has 0 bridgehead atoms. The van der Waals surface area contributed by atoms with Crippen molar-refractivity contribution < 1.29 is 5.11 Å². The standard InChI is InChI=1S/C6H11N5O/c7-5-4-6(10-2-9-4)8-1-3(12)11-5/h2-3,5,8,11-12H,1,7H2,(H,9,10). The summed E-state index contributed by atoms with van der Waals surface area (Å²) in [5.41, 5.74) is 6.47. The first-order valence-electron chi connectivity index (χ1n) is 3.74. The molecule has 1 aromatic heterocycles. The lowest BCUT2D eigenvalue weighted by atomic mass is 10.3. The Kier molecular flexibility index (Phi) is 1.72. The molecule has 6 heteroatoms. The van der Waals surface area contributed by atoms with Gasteiger partial charge in [-0.15, -0.1) is 0 Å². The van der Waals surface area contributed by atoms with Crippen LogP contribution in [0.4, 0.5) is 5.82 Å². The second-order valence-corrected chi connectivity index (χ2v) is 2.71. The van der Waals surface area contributed by atoms with Crippen LogP contribution in [0.3, 0.4) is 0 Å². The Bertz CT molecular complexity index is 273. The number of fused-ring (bicyclic) bond motifs is 1. The van der Waals surface area contributed by atoms with Crippen molar-refractivity contribution in [3.05, 3.63) is 12.0 Å². The van der Waals surface area contributed by atoms with Crippen molar-refractivity contribution in [2.45, 2.75) is 12.4 Å². The smallest absolute Gasteiger partial charge is 0.150 e. The van der Waals surface area contributed by atoms with E-state index in [1.165, 1.54) is 0 Å². The topological polar surface area (TPSA) is 99.0 Å². The predicted molar refractivity (Wildman–Crippen MR) is 43.1 cm³/mol. The van der Waals surface area contributed by atoms with Crippen LogP contribution in [0.1, 0.15) is 11.9 Å². The van der Waals surface area contributed by atoms with E-state index in [-0.39, 0.29) is 0 Å². The molecule has 0 aliphatic carbocycles. The Hall–Kier alpha value is -1.11. The number of rotatable bonds is 0. The van der Waals surface area contributed by atoms with Crippen LogP contribution in [0.25, 0.3) is 0 Å². The molecule has 2 rings (SSSR count). The number of aromatic nitrogens is 2. The summed E-state index contributed by atoms with van der Waals surface area (Å²) in [6, 6.07) is 0. The van der Waals surface area contributed by atoms with E-state index in [1.54, 1.807) is 6.33 Å². The van der Waals surface area contributed by atoms with Crippen molar-refractivity contribution in [1.82, 2.24) is 15.3 Å². The summed E-state index contributed by atoms with van der Waals surface area (Å²) in [6.07, 6.45) is 0.534. The van der Waals surface area contributed by atoms with Gasteiger partial charge >= 0.3 is 0 Å². The molecule has 2 unspecified atom stereocenters. The van der Waals surface area contributed by atoms with Gasteiger partial charge in [-0.2, -0.15) is 0 Å². The summed E-state index contributed by atoms with van der Waals surface area (Å²) in [7, 11) is 0. The number of hydrogen-bond acceptors (Lipinski definition) is 5. The summed E-state index contributed by atoms with van der Waals surface area (Å²) in [4.78, 5) is 6.90. The molecule has 2 atom stereocenters. The number of aromatic amines is 1. The molecule has 2 heterocycles. The molecule has 0 radical (unpaired) electrons. The number of β-amino-alcohol motifs (C(OH)–C–C–N with tert-alkyl or cyclic N) is 1. The van der Waals surface area contributed by atoms with Gasteiger partial charge < -0.3 is 21.1 Å². The summed E-state index contributed by atoms with van der Waals surface area (Å²) >= 11 is 0. The van der Waals surface area contributed by atoms with Crippen LogP contribution in [0, 0.1) is 0 Å². The SMILES string of the molecule is NC1NC(O)CNc2nc[nH]c21. The van der Waals surface area contributed by atoms with E-state index in [4.69, 9.17) is 5.73 Å². The molecule has 6 nitrogen and oxygen atoms in total. The van der Waals surface area contributed by atoms with Gasteiger partial charge in [-0.1, -0.05) is 0 Å². The van der Waals surface area contributed by atoms with Gasteiger partial charge in [0.1, 0.15) is 18.2 Å². The molecule has 6 N–H and O–H groups in total. The first kappa shape index (κ1) is 7.53. The van der Waals surface area contributed by atoms with E-state index in [0.29, 0.717) is 12.4 Å². The Morgan fingerprint density at radius 2 is 2.50 bits per heavy atom. The lowest BCUT2D eigenvalue weighted by Gasteiger charge is -2.12. The van der Waals surface area contributed by atoms with Crippen molar-refractivity contribution in [2.24, 2.45) is 5.73 Å². The van der Waals surface area contributed by atoms with Crippen molar-refractivity contribution in [1.29, 1.82) is 0 Å². The minimum atomic E-state index is -0.636. The second-order valence-electron chi connectivity index (χ2n) is 2.71. The highest BCUT2D eigenvalue weighted by Crippen LogP contribution is 2.17. The lowest BCUT2D eigenvalue weighted by Crippen LogP contribution is -2.39. The van der Waals surface area contributed by atoms with Gasteiger partial charge in [0.2, 0.25) is 0 Å². The van der Waals surface area contributed by atoms with Gasteiger partial charge in [-0.05, 0) is 0 Å². The first-order chi connectivity index (χ1) is 5.77. The fraction of sp³-hybridized carbons (Fsp3) is 0.500. The zero-order valence-corrected chi connectivity index (χ0v) is 6.41. The van der Waals surface area contributed by atoms with Crippen LogP contribution < -0.4 is 16.4 Å². The second kappa shape index (κ2) is 2.74. The number of aliphatic hydroxyl groups excluding tert-OH is 1. The van der Waals surface area contributed by atoms with Crippen LogP contribution >= 0.6 is 0 Å². The summed E-state index contributed by atoms with van der Waals surface area (Å²) in [6.45, 7) is 0.408. The van der Waals surface area contributed by atoms with Crippen LogP contribution in [0.15, 0.2) is 6.33 Å². The summed E-state index contributed by atoms with van der Waals surface area (Å²) in [5.74, 6) is 0.701. The third kappa shape index (κ3) is 1.15. The molecule has 0 fully saturated rings. The molecule has 0 saturated carbocycles. The largest absolute Gasteiger partial charge is 0.377 e. The van der Waals surface area contributed by atoms with Gasteiger partial charge in [-0.25, -0.2) is 4.98 Å². The molecule has 1 aliphatic heterocycles. The third-order valence-corrected chi connectivity index (χ3v) is 1.81. The van der Waals surface area contributed by atoms with Crippen LogP contribution in [-0.2, 0) is 0 Å². The molecular formula is C6H11N5O. The summed E-state index contributed by atoms with van der Waals surface area (Å²) < 4.78 is 0. The summed E-state index contributed by atoms with van der Waals surface area (Å²) in [5, 5.41) is 15.0. The Morgan fingerprint density at radius 3 is 3.33 bits per heavy atom. The van der Waals surface area contributed by atoms with Gasteiger partial charge in [0, 0.05) is 0 Å². The molecule has 0 aromatic carbocycles. The predicted octanol–water partition coefficient (Wildman–Crippen LogP) is -1.30.